The molecule has 18 heavy (non-hydrogen) atoms. The normalized spacial score (nSPS) is 11.7. The maximum Gasteiger partial charge on any atom is 0.318 e. The zero-order valence-corrected chi connectivity index (χ0v) is 11.4. The Morgan fingerprint density at radius 1 is 1.50 bits per heavy atom. The van der Waals surface area contributed by atoms with Crippen molar-refractivity contribution in [1.82, 2.24) is 5.32 Å². The van der Waals surface area contributed by atoms with Crippen molar-refractivity contribution in [2.24, 2.45) is 11.5 Å². The average Bonchev–Trinajstić information content (AvgIpc) is 2.30. The zero-order valence-electron chi connectivity index (χ0n) is 9.77. The van der Waals surface area contributed by atoms with Gasteiger partial charge in [0.05, 0.1) is 4.47 Å². The highest BCUT2D eigenvalue weighted by atomic mass is 79.9. The predicted molar refractivity (Wildman–Crippen MR) is 69.8 cm³/mol. The maximum atomic E-state index is 11.4. The second kappa shape index (κ2) is 6.36. The van der Waals surface area contributed by atoms with E-state index in [1.165, 1.54) is 6.92 Å². The van der Waals surface area contributed by atoms with Crippen LogP contribution in [0.3, 0.4) is 0 Å². The Balaban J connectivity index is 2.72. The van der Waals surface area contributed by atoms with Gasteiger partial charge in [-0.1, -0.05) is 6.07 Å². The molecule has 1 atom stereocenters. The number of benzene rings is 1. The molecule has 0 aliphatic carbocycles. The molecule has 0 radical (unpaired) electrons. The lowest BCUT2D eigenvalue weighted by Crippen LogP contribution is -2.42. The third kappa shape index (κ3) is 4.01. The van der Waals surface area contributed by atoms with E-state index < -0.39 is 18.0 Å². The van der Waals surface area contributed by atoms with Crippen LogP contribution in [0.15, 0.2) is 22.7 Å². The smallest absolute Gasteiger partial charge is 0.318 e. The fraction of sp³-hybridized carbons (Fsp3) is 0.273. The van der Waals surface area contributed by atoms with E-state index in [9.17, 15) is 9.59 Å². The van der Waals surface area contributed by atoms with Crippen LogP contribution in [0.25, 0.3) is 0 Å². The van der Waals surface area contributed by atoms with Crippen LogP contribution in [-0.4, -0.2) is 18.0 Å². The summed E-state index contributed by atoms with van der Waals surface area (Å²) in [7, 11) is 0. The molecular formula is C11H14BrN3O3. The fourth-order valence-corrected chi connectivity index (χ4v) is 1.75. The summed E-state index contributed by atoms with van der Waals surface area (Å²) in [5, 5.41) is 1.94. The number of carbonyl (C=O) groups is 2. The number of imide groups is 1. The Bertz CT molecular complexity index is 465. The molecule has 5 N–H and O–H groups in total. The number of hydrogen-bond donors (Lipinski definition) is 3. The number of halogens is 1. The van der Waals surface area contributed by atoms with Crippen LogP contribution >= 0.6 is 15.9 Å². The topological polar surface area (TPSA) is 107 Å². The number of nitrogens with two attached hydrogens (primary N) is 2. The second-order valence-corrected chi connectivity index (χ2v) is 4.44. The molecule has 0 fully saturated rings. The minimum Gasteiger partial charge on any atom is -0.480 e. The number of urea groups is 1. The average molecular weight is 316 g/mol. The molecule has 0 saturated heterocycles. The van der Waals surface area contributed by atoms with E-state index in [0.29, 0.717) is 16.8 Å². The quantitative estimate of drug-likeness (QED) is 0.766. The Morgan fingerprint density at radius 2 is 2.17 bits per heavy atom. The van der Waals surface area contributed by atoms with E-state index in [2.05, 4.69) is 15.9 Å². The van der Waals surface area contributed by atoms with Crippen LogP contribution in [0.2, 0.25) is 0 Å². The minimum atomic E-state index is -0.909. The molecule has 0 spiro atoms. The summed E-state index contributed by atoms with van der Waals surface area (Å²) in [5.74, 6) is -0.114. The molecule has 98 valence electrons. The fourth-order valence-electron chi connectivity index (χ4n) is 1.23. The molecule has 1 aromatic carbocycles. The van der Waals surface area contributed by atoms with Gasteiger partial charge in [-0.3, -0.25) is 10.1 Å². The summed E-state index contributed by atoms with van der Waals surface area (Å²) in [6.45, 7) is 1.93. The molecule has 0 aliphatic heterocycles. The number of nitrogens with one attached hydrogen (secondary N) is 1. The van der Waals surface area contributed by atoms with E-state index in [4.69, 9.17) is 16.2 Å². The van der Waals surface area contributed by atoms with Gasteiger partial charge in [0.15, 0.2) is 6.10 Å². The Hall–Kier alpha value is -1.60. The van der Waals surface area contributed by atoms with E-state index in [1.807, 2.05) is 5.32 Å². The van der Waals surface area contributed by atoms with Crippen molar-refractivity contribution in [3.8, 4) is 5.75 Å². The SMILES string of the molecule is CC(Oc1ccc(CN)cc1Br)C(=O)NC(N)=O. The molecule has 7 heteroatoms. The number of carbonyl (C=O) groups excluding carboxylic acids is 2. The van der Waals surface area contributed by atoms with Crippen LogP contribution in [-0.2, 0) is 11.3 Å². The highest BCUT2D eigenvalue weighted by molar-refractivity contribution is 9.10. The highest BCUT2D eigenvalue weighted by Gasteiger charge is 2.17. The lowest BCUT2D eigenvalue weighted by atomic mass is 10.2. The van der Waals surface area contributed by atoms with E-state index in [-0.39, 0.29) is 0 Å². The summed E-state index contributed by atoms with van der Waals surface area (Å²) in [6.07, 6.45) is -0.836. The van der Waals surface area contributed by atoms with Gasteiger partial charge in [-0.25, -0.2) is 4.79 Å². The molecule has 1 aromatic rings. The Kier molecular flexibility index (Phi) is 5.11. The van der Waals surface area contributed by atoms with Crippen molar-refractivity contribution >= 4 is 27.9 Å². The summed E-state index contributed by atoms with van der Waals surface area (Å²) in [4.78, 5) is 21.9. The molecule has 0 aliphatic rings. The Labute approximate surface area is 113 Å². The summed E-state index contributed by atoms with van der Waals surface area (Å²) >= 11 is 3.31. The van der Waals surface area contributed by atoms with E-state index >= 15 is 0 Å². The largest absolute Gasteiger partial charge is 0.480 e. The van der Waals surface area contributed by atoms with Gasteiger partial charge in [0.2, 0.25) is 0 Å². The van der Waals surface area contributed by atoms with Crippen molar-refractivity contribution in [1.29, 1.82) is 0 Å². The van der Waals surface area contributed by atoms with Gasteiger partial charge < -0.3 is 16.2 Å². The van der Waals surface area contributed by atoms with E-state index in [1.54, 1.807) is 18.2 Å². The lowest BCUT2D eigenvalue weighted by molar-refractivity contribution is -0.126. The molecule has 0 heterocycles. The highest BCUT2D eigenvalue weighted by Crippen LogP contribution is 2.26. The first-order chi connectivity index (χ1) is 8.43. The maximum absolute atomic E-state index is 11.4. The Morgan fingerprint density at radius 3 is 2.67 bits per heavy atom. The first-order valence-electron chi connectivity index (χ1n) is 5.19. The van der Waals surface area contributed by atoms with Crippen molar-refractivity contribution in [2.75, 3.05) is 0 Å². The van der Waals surface area contributed by atoms with Gasteiger partial charge in [0.25, 0.3) is 5.91 Å². The number of rotatable bonds is 4. The predicted octanol–water partition coefficient (Wildman–Crippen LogP) is 0.870. The third-order valence-corrected chi connectivity index (χ3v) is 2.77. The molecule has 0 saturated carbocycles. The van der Waals surface area contributed by atoms with Crippen LogP contribution in [0.5, 0.6) is 5.75 Å². The van der Waals surface area contributed by atoms with Gasteiger partial charge in [-0.15, -0.1) is 0 Å². The molecule has 3 amide bonds. The van der Waals surface area contributed by atoms with Crippen molar-refractivity contribution in [3.63, 3.8) is 0 Å². The molecular weight excluding hydrogens is 302 g/mol. The first kappa shape index (κ1) is 14.5. The molecule has 0 aromatic heterocycles. The number of ether oxygens (including phenoxy) is 1. The van der Waals surface area contributed by atoms with Gasteiger partial charge in [-0.2, -0.15) is 0 Å². The van der Waals surface area contributed by atoms with Gasteiger partial charge in [-0.05, 0) is 40.5 Å². The van der Waals surface area contributed by atoms with Crippen molar-refractivity contribution in [2.45, 2.75) is 19.6 Å². The van der Waals surface area contributed by atoms with Crippen molar-refractivity contribution < 1.29 is 14.3 Å². The number of amides is 3. The van der Waals surface area contributed by atoms with Crippen LogP contribution in [0.1, 0.15) is 12.5 Å². The summed E-state index contributed by atoms with van der Waals surface area (Å²) < 4.78 is 6.08. The molecule has 0 bridgehead atoms. The lowest BCUT2D eigenvalue weighted by Gasteiger charge is -2.15. The molecule has 6 nitrogen and oxygen atoms in total. The van der Waals surface area contributed by atoms with Crippen LogP contribution < -0.4 is 21.5 Å². The van der Waals surface area contributed by atoms with Gasteiger partial charge in [0.1, 0.15) is 5.75 Å². The van der Waals surface area contributed by atoms with Crippen LogP contribution in [0, 0.1) is 0 Å². The summed E-state index contributed by atoms with van der Waals surface area (Å²) in [5.41, 5.74) is 11.3. The number of hydrogen-bond acceptors (Lipinski definition) is 4. The van der Waals surface area contributed by atoms with Crippen LogP contribution in [0.4, 0.5) is 4.79 Å². The minimum absolute atomic E-state index is 0.413. The van der Waals surface area contributed by atoms with Crippen molar-refractivity contribution in [3.05, 3.63) is 28.2 Å². The molecule has 1 unspecified atom stereocenters. The van der Waals surface area contributed by atoms with Gasteiger partial charge >= 0.3 is 6.03 Å². The number of primary amides is 1. The second-order valence-electron chi connectivity index (χ2n) is 3.58. The van der Waals surface area contributed by atoms with E-state index in [0.717, 1.165) is 5.56 Å². The standard InChI is InChI=1S/C11H14BrN3O3/c1-6(10(16)15-11(14)17)18-9-3-2-7(5-13)4-8(9)12/h2-4,6H,5,13H2,1H3,(H3,14,15,16,17). The first-order valence-corrected chi connectivity index (χ1v) is 5.98. The summed E-state index contributed by atoms with van der Waals surface area (Å²) in [6, 6.07) is 4.38. The third-order valence-electron chi connectivity index (χ3n) is 2.15. The zero-order chi connectivity index (χ0) is 13.7. The van der Waals surface area contributed by atoms with Gasteiger partial charge in [0, 0.05) is 6.54 Å². The molecule has 1 rings (SSSR count). The monoisotopic (exact) mass is 315 g/mol.